The standard InChI is InChI=1S/C14H17ClN4OS/c1-9-8-21-12(19-9)4-2-3-5-17-14-11(15)6-10(7-18-14)13(16)20/h6-8H,2-5H2,1H3,(H2,16,20)(H,17,18). The molecule has 5 nitrogen and oxygen atoms in total. The van der Waals surface area contributed by atoms with Crippen molar-refractivity contribution in [3.63, 3.8) is 0 Å². The molecule has 2 aromatic rings. The van der Waals surface area contributed by atoms with E-state index in [1.807, 2.05) is 6.92 Å². The number of primary amides is 1. The number of amides is 1. The van der Waals surface area contributed by atoms with Gasteiger partial charge < -0.3 is 11.1 Å². The van der Waals surface area contributed by atoms with E-state index >= 15 is 0 Å². The van der Waals surface area contributed by atoms with E-state index in [-0.39, 0.29) is 0 Å². The zero-order valence-corrected chi connectivity index (χ0v) is 13.3. The van der Waals surface area contributed by atoms with Gasteiger partial charge in [0.15, 0.2) is 0 Å². The highest BCUT2D eigenvalue weighted by atomic mass is 35.5. The highest BCUT2D eigenvalue weighted by Gasteiger charge is 2.06. The highest BCUT2D eigenvalue weighted by Crippen LogP contribution is 2.20. The summed E-state index contributed by atoms with van der Waals surface area (Å²) in [4.78, 5) is 19.5. The average molecular weight is 325 g/mol. The van der Waals surface area contributed by atoms with E-state index in [0.29, 0.717) is 16.4 Å². The number of nitrogens with zero attached hydrogens (tertiary/aromatic N) is 2. The molecule has 112 valence electrons. The summed E-state index contributed by atoms with van der Waals surface area (Å²) < 4.78 is 0. The van der Waals surface area contributed by atoms with Crippen molar-refractivity contribution in [2.24, 2.45) is 5.73 Å². The SMILES string of the molecule is Cc1csc(CCCCNc2ncc(C(N)=O)cc2Cl)n1. The van der Waals surface area contributed by atoms with Crippen molar-refractivity contribution in [1.29, 1.82) is 0 Å². The monoisotopic (exact) mass is 324 g/mol. The van der Waals surface area contributed by atoms with Crippen LogP contribution in [0.25, 0.3) is 0 Å². The Balaban J connectivity index is 1.74. The normalized spacial score (nSPS) is 10.6. The van der Waals surface area contributed by atoms with Crippen molar-refractivity contribution >= 4 is 34.7 Å². The lowest BCUT2D eigenvalue weighted by atomic mass is 10.2. The van der Waals surface area contributed by atoms with Gasteiger partial charge in [0.2, 0.25) is 5.91 Å². The minimum atomic E-state index is -0.533. The fraction of sp³-hybridized carbons (Fsp3) is 0.357. The van der Waals surface area contributed by atoms with Crippen LogP contribution in [0.2, 0.25) is 5.02 Å². The van der Waals surface area contributed by atoms with Crippen LogP contribution in [0.15, 0.2) is 17.6 Å². The molecule has 0 fully saturated rings. The second-order valence-electron chi connectivity index (χ2n) is 4.69. The van der Waals surface area contributed by atoms with Gasteiger partial charge in [-0.3, -0.25) is 4.79 Å². The van der Waals surface area contributed by atoms with Gasteiger partial charge in [-0.2, -0.15) is 0 Å². The average Bonchev–Trinajstić information content (AvgIpc) is 2.85. The lowest BCUT2D eigenvalue weighted by Crippen LogP contribution is -2.12. The molecule has 3 N–H and O–H groups in total. The Morgan fingerprint density at radius 2 is 2.29 bits per heavy atom. The number of nitrogens with one attached hydrogen (secondary N) is 1. The minimum absolute atomic E-state index is 0.310. The summed E-state index contributed by atoms with van der Waals surface area (Å²) in [7, 11) is 0. The van der Waals surface area contributed by atoms with Crippen molar-refractivity contribution in [2.75, 3.05) is 11.9 Å². The summed E-state index contributed by atoms with van der Waals surface area (Å²) in [5.74, 6) is 0.0430. The summed E-state index contributed by atoms with van der Waals surface area (Å²) in [5, 5.41) is 6.81. The maximum absolute atomic E-state index is 11.0. The Morgan fingerprint density at radius 1 is 1.48 bits per heavy atom. The first-order valence-electron chi connectivity index (χ1n) is 6.66. The van der Waals surface area contributed by atoms with Crippen LogP contribution in [0.5, 0.6) is 0 Å². The largest absolute Gasteiger partial charge is 0.369 e. The molecule has 0 aromatic carbocycles. The van der Waals surface area contributed by atoms with Gasteiger partial charge in [0.25, 0.3) is 0 Å². The molecule has 2 aromatic heterocycles. The zero-order chi connectivity index (χ0) is 15.2. The Hall–Kier alpha value is -1.66. The number of hydrogen-bond acceptors (Lipinski definition) is 5. The summed E-state index contributed by atoms with van der Waals surface area (Å²) >= 11 is 7.75. The highest BCUT2D eigenvalue weighted by molar-refractivity contribution is 7.09. The molecular weight excluding hydrogens is 308 g/mol. The van der Waals surface area contributed by atoms with Crippen LogP contribution in [-0.2, 0) is 6.42 Å². The first kappa shape index (κ1) is 15.7. The molecule has 0 bridgehead atoms. The van der Waals surface area contributed by atoms with E-state index in [2.05, 4.69) is 20.7 Å². The predicted octanol–water partition coefficient (Wildman–Crippen LogP) is 3.03. The van der Waals surface area contributed by atoms with Crippen LogP contribution in [-0.4, -0.2) is 22.4 Å². The first-order valence-corrected chi connectivity index (χ1v) is 7.92. The zero-order valence-electron chi connectivity index (χ0n) is 11.7. The molecule has 0 spiro atoms. The molecule has 0 atom stereocenters. The number of unbranched alkanes of at least 4 members (excludes halogenated alkanes) is 1. The summed E-state index contributed by atoms with van der Waals surface area (Å²) in [5.41, 5.74) is 6.56. The van der Waals surface area contributed by atoms with Gasteiger partial charge >= 0.3 is 0 Å². The van der Waals surface area contributed by atoms with Crippen molar-refractivity contribution in [2.45, 2.75) is 26.2 Å². The molecule has 1 amide bonds. The summed E-state index contributed by atoms with van der Waals surface area (Å²) in [6.45, 7) is 2.78. The van der Waals surface area contributed by atoms with E-state index < -0.39 is 5.91 Å². The van der Waals surface area contributed by atoms with Crippen molar-refractivity contribution in [1.82, 2.24) is 9.97 Å². The van der Waals surface area contributed by atoms with Gasteiger partial charge in [-0.15, -0.1) is 11.3 Å². The quantitative estimate of drug-likeness (QED) is 0.767. The van der Waals surface area contributed by atoms with Gasteiger partial charge in [0.05, 0.1) is 15.6 Å². The van der Waals surface area contributed by atoms with Crippen LogP contribution in [0, 0.1) is 6.92 Å². The number of rotatable bonds is 7. The third-order valence-corrected chi connectivity index (χ3v) is 4.22. The number of anilines is 1. The minimum Gasteiger partial charge on any atom is -0.369 e. The predicted molar refractivity (Wildman–Crippen MR) is 86.0 cm³/mol. The third kappa shape index (κ3) is 4.68. The number of carbonyl (C=O) groups is 1. The maximum atomic E-state index is 11.0. The van der Waals surface area contributed by atoms with E-state index in [4.69, 9.17) is 17.3 Å². The summed E-state index contributed by atoms with van der Waals surface area (Å²) in [6.07, 6.45) is 4.46. The molecule has 0 saturated heterocycles. The fourth-order valence-electron chi connectivity index (χ4n) is 1.83. The Bertz CT molecular complexity index is 629. The van der Waals surface area contributed by atoms with E-state index in [1.54, 1.807) is 11.3 Å². The number of thiazole rings is 1. The van der Waals surface area contributed by atoms with Gasteiger partial charge in [0, 0.05) is 23.8 Å². The van der Waals surface area contributed by atoms with Gasteiger partial charge in [-0.1, -0.05) is 11.6 Å². The molecule has 0 aliphatic heterocycles. The maximum Gasteiger partial charge on any atom is 0.250 e. The number of aromatic nitrogens is 2. The number of carbonyl (C=O) groups excluding carboxylic acids is 1. The number of aryl methyl sites for hydroxylation is 2. The lowest BCUT2D eigenvalue weighted by molar-refractivity contribution is 0.1000. The van der Waals surface area contributed by atoms with Crippen LogP contribution >= 0.6 is 22.9 Å². The number of halogens is 1. The number of pyridine rings is 1. The van der Waals surface area contributed by atoms with Crippen LogP contribution in [0.3, 0.4) is 0 Å². The molecule has 7 heteroatoms. The van der Waals surface area contributed by atoms with Crippen LogP contribution in [0.1, 0.15) is 33.9 Å². The number of nitrogens with two attached hydrogens (primary N) is 1. The molecule has 0 saturated carbocycles. The van der Waals surface area contributed by atoms with E-state index in [9.17, 15) is 4.79 Å². The van der Waals surface area contributed by atoms with Crippen molar-refractivity contribution < 1.29 is 4.79 Å². The van der Waals surface area contributed by atoms with Crippen molar-refractivity contribution in [3.05, 3.63) is 38.9 Å². The lowest BCUT2D eigenvalue weighted by Gasteiger charge is -2.07. The van der Waals surface area contributed by atoms with Gasteiger partial charge in [-0.25, -0.2) is 9.97 Å². The van der Waals surface area contributed by atoms with E-state index in [0.717, 1.165) is 31.5 Å². The smallest absolute Gasteiger partial charge is 0.250 e. The Kier molecular flexibility index (Phi) is 5.52. The van der Waals surface area contributed by atoms with Crippen LogP contribution < -0.4 is 11.1 Å². The topological polar surface area (TPSA) is 80.9 Å². The van der Waals surface area contributed by atoms with Crippen molar-refractivity contribution in [3.8, 4) is 0 Å². The molecule has 0 unspecified atom stereocenters. The molecular formula is C14H17ClN4OS. The van der Waals surface area contributed by atoms with Crippen LogP contribution in [0.4, 0.5) is 5.82 Å². The van der Waals surface area contributed by atoms with Gasteiger partial charge in [-0.05, 0) is 32.3 Å². The molecule has 0 aliphatic rings. The fourth-order valence-corrected chi connectivity index (χ4v) is 2.88. The molecule has 0 radical (unpaired) electrons. The van der Waals surface area contributed by atoms with Gasteiger partial charge in [0.1, 0.15) is 5.82 Å². The first-order chi connectivity index (χ1) is 10.1. The second kappa shape index (κ2) is 7.38. The third-order valence-electron chi connectivity index (χ3n) is 2.90. The second-order valence-corrected chi connectivity index (χ2v) is 6.04. The van der Waals surface area contributed by atoms with E-state index in [1.165, 1.54) is 17.3 Å². The molecule has 2 heterocycles. The summed E-state index contributed by atoms with van der Waals surface area (Å²) in [6, 6.07) is 1.53. The number of hydrogen-bond donors (Lipinski definition) is 2. The molecule has 0 aliphatic carbocycles. The Labute approximate surface area is 132 Å². The Morgan fingerprint density at radius 3 is 2.90 bits per heavy atom. The molecule has 2 rings (SSSR count). The molecule has 21 heavy (non-hydrogen) atoms.